The summed E-state index contributed by atoms with van der Waals surface area (Å²) in [6, 6.07) is 4.54. The van der Waals surface area contributed by atoms with Gasteiger partial charge in [0.15, 0.2) is 0 Å². The highest BCUT2D eigenvalue weighted by Gasteiger charge is 2.30. The Bertz CT molecular complexity index is 653. The van der Waals surface area contributed by atoms with Gasteiger partial charge in [0.05, 0.1) is 12.7 Å². The third-order valence-corrected chi connectivity index (χ3v) is 5.54. The number of nitrogens with zero attached hydrogens (tertiary/aromatic N) is 3. The van der Waals surface area contributed by atoms with E-state index in [4.69, 9.17) is 4.42 Å². The molecule has 5 nitrogen and oxygen atoms in total. The van der Waals surface area contributed by atoms with E-state index in [1.165, 1.54) is 4.88 Å². The number of likely N-dealkylation sites (tertiary alicyclic amines) is 1. The fourth-order valence-electron chi connectivity index (χ4n) is 3.22. The van der Waals surface area contributed by atoms with Gasteiger partial charge in [0.25, 0.3) is 0 Å². The van der Waals surface area contributed by atoms with Crippen molar-refractivity contribution < 1.29 is 9.21 Å². The minimum absolute atomic E-state index is 0.0938. The van der Waals surface area contributed by atoms with Crippen LogP contribution in [0.15, 0.2) is 28.1 Å². The second-order valence-corrected chi connectivity index (χ2v) is 7.33. The molecule has 1 aliphatic rings. The van der Waals surface area contributed by atoms with Gasteiger partial charge in [-0.15, -0.1) is 11.3 Å². The van der Waals surface area contributed by atoms with Gasteiger partial charge in [-0.25, -0.2) is 4.98 Å². The number of hydrogen-bond acceptors (Lipinski definition) is 5. The van der Waals surface area contributed by atoms with E-state index < -0.39 is 0 Å². The highest BCUT2D eigenvalue weighted by molar-refractivity contribution is 7.09. The SMILES string of the molecule is CCc1cnc(CN(C(C)=O)[C@H]2CCN(CCc3cccs3)C2)o1. The Kier molecular flexibility index (Phi) is 5.68. The van der Waals surface area contributed by atoms with Crippen LogP contribution in [0.5, 0.6) is 0 Å². The number of hydrogen-bond donors (Lipinski definition) is 0. The fraction of sp³-hybridized carbons (Fsp3) is 0.556. The summed E-state index contributed by atoms with van der Waals surface area (Å²) in [5.74, 6) is 1.60. The number of carbonyl (C=O) groups is 1. The molecular weight excluding hydrogens is 322 g/mol. The summed E-state index contributed by atoms with van der Waals surface area (Å²) in [4.78, 5) is 22.2. The van der Waals surface area contributed by atoms with Crippen molar-refractivity contribution in [1.29, 1.82) is 0 Å². The molecule has 1 fully saturated rings. The molecule has 1 amide bonds. The summed E-state index contributed by atoms with van der Waals surface area (Å²) in [5.41, 5.74) is 0. The molecule has 6 heteroatoms. The van der Waals surface area contributed by atoms with Gasteiger partial charge in [0.2, 0.25) is 11.8 Å². The van der Waals surface area contributed by atoms with Gasteiger partial charge in [-0.05, 0) is 24.3 Å². The van der Waals surface area contributed by atoms with Crippen LogP contribution in [0.2, 0.25) is 0 Å². The lowest BCUT2D eigenvalue weighted by Crippen LogP contribution is -2.40. The fourth-order valence-corrected chi connectivity index (χ4v) is 3.92. The highest BCUT2D eigenvalue weighted by Crippen LogP contribution is 2.20. The van der Waals surface area contributed by atoms with Crippen molar-refractivity contribution in [2.75, 3.05) is 19.6 Å². The van der Waals surface area contributed by atoms with Crippen molar-refractivity contribution in [2.24, 2.45) is 0 Å². The molecule has 3 rings (SSSR count). The molecule has 0 spiro atoms. The minimum atomic E-state index is 0.0938. The molecule has 1 aliphatic heterocycles. The standard InChI is InChI=1S/C18H25N3O2S/c1-3-16-11-19-18(23-16)13-21(14(2)22)15-6-8-20(12-15)9-7-17-5-4-10-24-17/h4-5,10-11,15H,3,6-9,12-13H2,1-2H3/t15-/m0/s1. The van der Waals surface area contributed by atoms with Crippen LogP contribution in [0.1, 0.15) is 36.8 Å². The maximum absolute atomic E-state index is 12.1. The van der Waals surface area contributed by atoms with Gasteiger partial charge in [0.1, 0.15) is 5.76 Å². The van der Waals surface area contributed by atoms with Crippen molar-refractivity contribution in [2.45, 2.75) is 45.7 Å². The predicted octanol–water partition coefficient (Wildman–Crippen LogP) is 2.96. The van der Waals surface area contributed by atoms with Crippen LogP contribution in [-0.2, 0) is 24.2 Å². The molecule has 2 aromatic heterocycles. The van der Waals surface area contributed by atoms with E-state index in [9.17, 15) is 4.79 Å². The number of carbonyl (C=O) groups excluding carboxylic acids is 1. The Labute approximate surface area is 147 Å². The zero-order chi connectivity index (χ0) is 16.9. The van der Waals surface area contributed by atoms with E-state index in [1.54, 1.807) is 13.1 Å². The molecule has 2 aromatic rings. The van der Waals surface area contributed by atoms with E-state index in [-0.39, 0.29) is 11.9 Å². The first kappa shape index (κ1) is 17.2. The van der Waals surface area contributed by atoms with Gasteiger partial charge in [-0.2, -0.15) is 0 Å². The first-order valence-electron chi connectivity index (χ1n) is 8.61. The molecular formula is C18H25N3O2S. The van der Waals surface area contributed by atoms with Crippen LogP contribution in [0, 0.1) is 0 Å². The Hall–Kier alpha value is -1.66. The van der Waals surface area contributed by atoms with Gasteiger partial charge < -0.3 is 14.2 Å². The average molecular weight is 347 g/mol. The third-order valence-electron chi connectivity index (χ3n) is 4.60. The summed E-state index contributed by atoms with van der Waals surface area (Å²) in [6.45, 7) is 7.19. The molecule has 0 bridgehead atoms. The normalized spacial score (nSPS) is 18.2. The van der Waals surface area contributed by atoms with Crippen LogP contribution < -0.4 is 0 Å². The average Bonchev–Trinajstić information content (AvgIpc) is 3.31. The van der Waals surface area contributed by atoms with Gasteiger partial charge in [0, 0.05) is 43.9 Å². The molecule has 1 atom stereocenters. The Morgan fingerprint density at radius 2 is 2.42 bits per heavy atom. The summed E-state index contributed by atoms with van der Waals surface area (Å²) >= 11 is 1.81. The molecule has 0 unspecified atom stereocenters. The molecule has 3 heterocycles. The molecule has 0 radical (unpaired) electrons. The van der Waals surface area contributed by atoms with E-state index in [1.807, 2.05) is 23.2 Å². The Balaban J connectivity index is 1.55. The molecule has 0 aliphatic carbocycles. The van der Waals surface area contributed by atoms with Crippen LogP contribution in [0.4, 0.5) is 0 Å². The Morgan fingerprint density at radius 3 is 3.08 bits per heavy atom. The zero-order valence-corrected chi connectivity index (χ0v) is 15.2. The van der Waals surface area contributed by atoms with E-state index >= 15 is 0 Å². The van der Waals surface area contributed by atoms with Gasteiger partial charge in [-0.3, -0.25) is 4.79 Å². The van der Waals surface area contributed by atoms with Crippen LogP contribution >= 0.6 is 11.3 Å². The van der Waals surface area contributed by atoms with Crippen molar-refractivity contribution in [3.8, 4) is 0 Å². The smallest absolute Gasteiger partial charge is 0.220 e. The molecule has 0 aromatic carbocycles. The third kappa shape index (κ3) is 4.24. The quantitative estimate of drug-likeness (QED) is 0.773. The zero-order valence-electron chi connectivity index (χ0n) is 14.4. The van der Waals surface area contributed by atoms with Crippen molar-refractivity contribution in [1.82, 2.24) is 14.8 Å². The molecule has 0 N–H and O–H groups in total. The number of oxazole rings is 1. The molecule has 24 heavy (non-hydrogen) atoms. The van der Waals surface area contributed by atoms with Crippen LogP contribution in [0.3, 0.4) is 0 Å². The Morgan fingerprint density at radius 1 is 1.54 bits per heavy atom. The number of amides is 1. The lowest BCUT2D eigenvalue weighted by atomic mass is 10.2. The van der Waals surface area contributed by atoms with Crippen molar-refractivity contribution in [3.63, 3.8) is 0 Å². The van der Waals surface area contributed by atoms with Gasteiger partial charge in [-0.1, -0.05) is 13.0 Å². The first-order valence-corrected chi connectivity index (χ1v) is 9.49. The number of aryl methyl sites for hydroxylation is 1. The maximum Gasteiger partial charge on any atom is 0.220 e. The lowest BCUT2D eigenvalue weighted by molar-refractivity contribution is -0.132. The second kappa shape index (κ2) is 7.94. The summed E-state index contributed by atoms with van der Waals surface area (Å²) in [6.07, 6.45) is 4.69. The summed E-state index contributed by atoms with van der Waals surface area (Å²) in [5, 5.41) is 2.13. The molecule has 1 saturated heterocycles. The number of aromatic nitrogens is 1. The minimum Gasteiger partial charge on any atom is -0.444 e. The maximum atomic E-state index is 12.1. The number of thiophene rings is 1. The summed E-state index contributed by atoms with van der Waals surface area (Å²) in [7, 11) is 0. The van der Waals surface area contributed by atoms with Crippen LogP contribution in [0.25, 0.3) is 0 Å². The van der Waals surface area contributed by atoms with Gasteiger partial charge >= 0.3 is 0 Å². The van der Waals surface area contributed by atoms with Crippen LogP contribution in [-0.4, -0.2) is 46.4 Å². The second-order valence-electron chi connectivity index (χ2n) is 6.29. The van der Waals surface area contributed by atoms with E-state index in [0.29, 0.717) is 12.4 Å². The lowest BCUT2D eigenvalue weighted by Gasteiger charge is -2.27. The van der Waals surface area contributed by atoms with Crippen molar-refractivity contribution >= 4 is 17.2 Å². The largest absolute Gasteiger partial charge is 0.444 e. The van der Waals surface area contributed by atoms with Crippen molar-refractivity contribution in [3.05, 3.63) is 40.2 Å². The first-order chi connectivity index (χ1) is 11.7. The number of rotatable bonds is 7. The molecule has 130 valence electrons. The predicted molar refractivity (Wildman–Crippen MR) is 95.0 cm³/mol. The molecule has 0 saturated carbocycles. The van der Waals surface area contributed by atoms with E-state index in [2.05, 4.69) is 27.4 Å². The summed E-state index contributed by atoms with van der Waals surface area (Å²) < 4.78 is 5.68. The topological polar surface area (TPSA) is 49.6 Å². The highest BCUT2D eigenvalue weighted by atomic mass is 32.1. The van der Waals surface area contributed by atoms with E-state index in [0.717, 1.165) is 44.7 Å². The monoisotopic (exact) mass is 347 g/mol.